The molecule has 0 bridgehead atoms. The fraction of sp³-hybridized carbons (Fsp3) is 0.400. The van der Waals surface area contributed by atoms with Gasteiger partial charge in [-0.3, -0.25) is 4.79 Å². The van der Waals surface area contributed by atoms with Crippen molar-refractivity contribution in [1.29, 1.82) is 0 Å². The summed E-state index contributed by atoms with van der Waals surface area (Å²) in [5.41, 5.74) is 0.552. The van der Waals surface area contributed by atoms with Gasteiger partial charge in [0.15, 0.2) is 0 Å². The van der Waals surface area contributed by atoms with E-state index in [0.717, 1.165) is 0 Å². The third kappa shape index (κ3) is 3.21. The van der Waals surface area contributed by atoms with Crippen molar-refractivity contribution in [2.75, 3.05) is 0 Å². The highest BCUT2D eigenvalue weighted by molar-refractivity contribution is 6.01. The van der Waals surface area contributed by atoms with Crippen molar-refractivity contribution in [3.63, 3.8) is 0 Å². The lowest BCUT2D eigenvalue weighted by molar-refractivity contribution is -0.155. The van der Waals surface area contributed by atoms with Crippen LogP contribution < -0.4 is 0 Å². The predicted octanol–water partition coefficient (Wildman–Crippen LogP) is 2.38. The van der Waals surface area contributed by atoms with Crippen LogP contribution in [-0.4, -0.2) is 32.2 Å². The number of benzene rings is 1. The second kappa shape index (κ2) is 5.20. The Hall–Kier alpha value is -2.37. The first-order valence-electron chi connectivity index (χ1n) is 6.60. The Morgan fingerprint density at radius 2 is 2.00 bits per heavy atom. The molecule has 6 heteroatoms. The molecule has 0 spiro atoms. The minimum absolute atomic E-state index is 0.00265. The number of fused-ring (bicyclic) bond motifs is 1. The second-order valence-electron chi connectivity index (χ2n) is 5.81. The van der Waals surface area contributed by atoms with Crippen molar-refractivity contribution in [3.05, 3.63) is 29.6 Å². The van der Waals surface area contributed by atoms with Crippen LogP contribution in [0, 0.1) is 6.92 Å². The van der Waals surface area contributed by atoms with Crippen LogP contribution in [0.25, 0.3) is 11.0 Å². The van der Waals surface area contributed by atoms with Crippen LogP contribution in [0.1, 0.15) is 37.0 Å². The first-order valence-corrected chi connectivity index (χ1v) is 6.60. The molecule has 112 valence electrons. The van der Waals surface area contributed by atoms with E-state index in [1.807, 2.05) is 0 Å². The molecule has 1 aromatic carbocycles. The number of hydrogen-bond donors (Lipinski definition) is 1. The van der Waals surface area contributed by atoms with Gasteiger partial charge in [-0.2, -0.15) is 0 Å². The largest absolute Gasteiger partial charge is 0.478 e. The molecule has 0 aliphatic carbocycles. The number of nitrogens with zero attached hydrogens (tertiary/aromatic N) is 2. The normalized spacial score (nSPS) is 11.6. The lowest BCUT2D eigenvalue weighted by Gasteiger charge is -2.20. The monoisotopic (exact) mass is 290 g/mol. The van der Waals surface area contributed by atoms with Crippen molar-refractivity contribution < 1.29 is 19.4 Å². The number of ether oxygens (including phenoxy) is 1. The maximum absolute atomic E-state index is 12.0. The number of carboxylic acid groups (broad SMARTS) is 1. The van der Waals surface area contributed by atoms with Gasteiger partial charge in [-0.1, -0.05) is 6.07 Å². The van der Waals surface area contributed by atoms with Gasteiger partial charge in [0.1, 0.15) is 23.5 Å². The molecule has 0 saturated heterocycles. The van der Waals surface area contributed by atoms with Crippen LogP contribution in [0.3, 0.4) is 0 Å². The summed E-state index contributed by atoms with van der Waals surface area (Å²) in [6.07, 6.45) is 0. The molecule has 1 heterocycles. The van der Waals surface area contributed by atoms with E-state index in [1.54, 1.807) is 44.4 Å². The zero-order chi connectivity index (χ0) is 15.8. The average molecular weight is 290 g/mol. The number of para-hydroxylation sites is 1. The van der Waals surface area contributed by atoms with Crippen molar-refractivity contribution in [1.82, 2.24) is 9.55 Å². The molecule has 0 saturated carbocycles. The highest BCUT2D eigenvalue weighted by Gasteiger charge is 2.20. The Morgan fingerprint density at radius 1 is 1.33 bits per heavy atom. The maximum Gasteiger partial charge on any atom is 0.337 e. The summed E-state index contributed by atoms with van der Waals surface area (Å²) in [6, 6.07) is 4.87. The van der Waals surface area contributed by atoms with Gasteiger partial charge >= 0.3 is 11.9 Å². The molecule has 1 aromatic heterocycles. The maximum atomic E-state index is 12.0. The Kier molecular flexibility index (Phi) is 3.72. The van der Waals surface area contributed by atoms with Gasteiger partial charge in [0, 0.05) is 0 Å². The van der Waals surface area contributed by atoms with Crippen LogP contribution >= 0.6 is 0 Å². The molecule has 0 amide bonds. The summed E-state index contributed by atoms with van der Waals surface area (Å²) < 4.78 is 6.95. The van der Waals surface area contributed by atoms with Gasteiger partial charge in [-0.05, 0) is 39.8 Å². The summed E-state index contributed by atoms with van der Waals surface area (Å²) >= 11 is 0. The first kappa shape index (κ1) is 15.0. The van der Waals surface area contributed by atoms with Crippen molar-refractivity contribution in [2.24, 2.45) is 0 Å². The number of aromatic carboxylic acids is 1. The first-order chi connectivity index (χ1) is 9.69. The number of imidazole rings is 1. The summed E-state index contributed by atoms with van der Waals surface area (Å²) in [6.45, 7) is 7.13. The van der Waals surface area contributed by atoms with Gasteiger partial charge in [0.2, 0.25) is 0 Å². The molecule has 21 heavy (non-hydrogen) atoms. The van der Waals surface area contributed by atoms with E-state index in [0.29, 0.717) is 16.9 Å². The van der Waals surface area contributed by atoms with Crippen molar-refractivity contribution >= 4 is 23.0 Å². The summed E-state index contributed by atoms with van der Waals surface area (Å²) in [5.74, 6) is -0.849. The van der Waals surface area contributed by atoms with Crippen LogP contribution in [0.2, 0.25) is 0 Å². The van der Waals surface area contributed by atoms with Gasteiger partial charge in [-0.15, -0.1) is 0 Å². The lowest BCUT2D eigenvalue weighted by Crippen LogP contribution is -2.26. The van der Waals surface area contributed by atoms with Crippen LogP contribution in [0.5, 0.6) is 0 Å². The van der Waals surface area contributed by atoms with Crippen molar-refractivity contribution in [2.45, 2.75) is 39.8 Å². The number of carbonyl (C=O) groups excluding carboxylic acids is 1. The highest BCUT2D eigenvalue weighted by atomic mass is 16.6. The van der Waals surface area contributed by atoms with E-state index in [4.69, 9.17) is 4.74 Å². The lowest BCUT2D eigenvalue weighted by atomic mass is 10.2. The molecule has 2 rings (SSSR count). The third-order valence-electron chi connectivity index (χ3n) is 2.91. The zero-order valence-corrected chi connectivity index (χ0v) is 12.5. The number of carboxylic acids is 1. The average Bonchev–Trinajstić information content (AvgIpc) is 2.63. The standard InChI is InChI=1S/C15H18N2O4/c1-9-16-13-10(14(19)20)6-5-7-11(13)17(9)8-12(18)21-15(2,3)4/h5-7H,8H2,1-4H3,(H,19,20). The van der Waals surface area contributed by atoms with Gasteiger partial charge in [0.25, 0.3) is 0 Å². The molecular weight excluding hydrogens is 272 g/mol. The molecule has 0 fully saturated rings. The number of esters is 1. The fourth-order valence-corrected chi connectivity index (χ4v) is 2.14. The number of hydrogen-bond acceptors (Lipinski definition) is 4. The van der Waals surface area contributed by atoms with Crippen LogP contribution in [-0.2, 0) is 16.1 Å². The van der Waals surface area contributed by atoms with Gasteiger partial charge in [-0.25, -0.2) is 9.78 Å². The van der Waals surface area contributed by atoms with Gasteiger partial charge in [0.05, 0.1) is 11.1 Å². The Balaban J connectivity index is 2.41. The summed E-state index contributed by atoms with van der Waals surface area (Å²) in [7, 11) is 0. The Morgan fingerprint density at radius 3 is 2.57 bits per heavy atom. The molecule has 0 radical (unpaired) electrons. The Labute approximate surface area is 122 Å². The molecule has 0 atom stereocenters. The zero-order valence-electron chi connectivity index (χ0n) is 12.5. The smallest absolute Gasteiger partial charge is 0.337 e. The fourth-order valence-electron chi connectivity index (χ4n) is 2.14. The molecule has 2 aromatic rings. The predicted molar refractivity (Wildman–Crippen MR) is 77.3 cm³/mol. The number of carbonyl (C=O) groups is 2. The Bertz CT molecular complexity index is 710. The van der Waals surface area contributed by atoms with Crippen molar-refractivity contribution in [3.8, 4) is 0 Å². The molecule has 0 aliphatic heterocycles. The molecule has 0 unspecified atom stereocenters. The molecule has 6 nitrogen and oxygen atoms in total. The van der Waals surface area contributed by atoms with E-state index >= 15 is 0 Å². The van der Waals surface area contributed by atoms with E-state index in [2.05, 4.69) is 4.98 Å². The topological polar surface area (TPSA) is 81.4 Å². The van der Waals surface area contributed by atoms with E-state index in [1.165, 1.54) is 6.07 Å². The molecule has 0 aliphatic rings. The third-order valence-corrected chi connectivity index (χ3v) is 2.91. The highest BCUT2D eigenvalue weighted by Crippen LogP contribution is 2.20. The number of rotatable bonds is 3. The summed E-state index contributed by atoms with van der Waals surface area (Å²) in [4.78, 5) is 27.4. The number of aryl methyl sites for hydroxylation is 1. The quantitative estimate of drug-likeness (QED) is 0.878. The molecular formula is C15H18N2O4. The van der Waals surface area contributed by atoms with E-state index in [-0.39, 0.29) is 18.1 Å². The van der Waals surface area contributed by atoms with Crippen LogP contribution in [0.4, 0.5) is 0 Å². The second-order valence-corrected chi connectivity index (χ2v) is 5.81. The van der Waals surface area contributed by atoms with E-state index < -0.39 is 11.6 Å². The number of aromatic nitrogens is 2. The minimum Gasteiger partial charge on any atom is -0.478 e. The minimum atomic E-state index is -1.04. The van der Waals surface area contributed by atoms with Crippen LogP contribution in [0.15, 0.2) is 18.2 Å². The molecule has 1 N–H and O–H groups in total. The van der Waals surface area contributed by atoms with Gasteiger partial charge < -0.3 is 14.4 Å². The summed E-state index contributed by atoms with van der Waals surface area (Å²) in [5, 5.41) is 9.18. The van der Waals surface area contributed by atoms with E-state index in [9.17, 15) is 14.7 Å². The SMILES string of the molecule is Cc1nc2c(C(=O)O)cccc2n1CC(=O)OC(C)(C)C.